The molecule has 0 radical (unpaired) electrons. The molecular weight excluding hydrogens is 226 g/mol. The lowest BCUT2D eigenvalue weighted by Crippen LogP contribution is -2.36. The van der Waals surface area contributed by atoms with Gasteiger partial charge in [0, 0.05) is 18.5 Å². The summed E-state index contributed by atoms with van der Waals surface area (Å²) in [5.74, 6) is 1.81. The lowest BCUT2D eigenvalue weighted by molar-refractivity contribution is 0.194. The van der Waals surface area contributed by atoms with Crippen molar-refractivity contribution in [3.05, 3.63) is 17.8 Å². The molecule has 1 saturated heterocycles. The number of likely N-dealkylation sites (tertiary alicyclic amines) is 1. The summed E-state index contributed by atoms with van der Waals surface area (Å²) in [5, 5.41) is 3.17. The van der Waals surface area contributed by atoms with Crippen molar-refractivity contribution in [2.24, 2.45) is 0 Å². The van der Waals surface area contributed by atoms with Crippen LogP contribution in [0.4, 0.5) is 0 Å². The standard InChI is InChI=1S/C14H25N3O/c1-10(2)17-7-5-6-12(17)8-14-16-9-13(18-14)11(3)15-4/h9-12,15H,5-8H2,1-4H3. The van der Waals surface area contributed by atoms with E-state index in [-0.39, 0.29) is 6.04 Å². The zero-order valence-electron chi connectivity index (χ0n) is 11.9. The quantitative estimate of drug-likeness (QED) is 0.872. The molecule has 0 aromatic carbocycles. The Kier molecular flexibility index (Phi) is 4.40. The molecule has 1 N–H and O–H groups in total. The van der Waals surface area contributed by atoms with E-state index in [1.54, 1.807) is 0 Å². The molecule has 0 amide bonds. The molecule has 2 unspecified atom stereocenters. The Hall–Kier alpha value is -0.870. The molecule has 0 aliphatic carbocycles. The van der Waals surface area contributed by atoms with Crippen LogP contribution in [0.25, 0.3) is 0 Å². The van der Waals surface area contributed by atoms with Crippen LogP contribution in [0, 0.1) is 0 Å². The molecule has 2 rings (SSSR count). The predicted octanol–water partition coefficient (Wildman–Crippen LogP) is 2.37. The number of aromatic nitrogens is 1. The minimum Gasteiger partial charge on any atom is -0.444 e. The largest absolute Gasteiger partial charge is 0.444 e. The maximum atomic E-state index is 5.83. The SMILES string of the molecule is CNC(C)c1cnc(CC2CCCN2C(C)C)o1. The van der Waals surface area contributed by atoms with Crippen molar-refractivity contribution in [2.75, 3.05) is 13.6 Å². The number of hydrogen-bond acceptors (Lipinski definition) is 4. The van der Waals surface area contributed by atoms with E-state index in [9.17, 15) is 0 Å². The number of oxazole rings is 1. The van der Waals surface area contributed by atoms with Crippen molar-refractivity contribution < 1.29 is 4.42 Å². The lowest BCUT2D eigenvalue weighted by Gasteiger charge is -2.27. The van der Waals surface area contributed by atoms with E-state index in [2.05, 4.69) is 36.0 Å². The fraction of sp³-hybridized carbons (Fsp3) is 0.786. The van der Waals surface area contributed by atoms with E-state index in [1.165, 1.54) is 19.4 Å². The highest BCUT2D eigenvalue weighted by Crippen LogP contribution is 2.24. The van der Waals surface area contributed by atoms with Gasteiger partial charge >= 0.3 is 0 Å². The molecule has 1 aliphatic heterocycles. The summed E-state index contributed by atoms with van der Waals surface area (Å²) in [4.78, 5) is 6.97. The van der Waals surface area contributed by atoms with Crippen LogP contribution in [0.1, 0.15) is 51.3 Å². The van der Waals surface area contributed by atoms with E-state index >= 15 is 0 Å². The lowest BCUT2D eigenvalue weighted by atomic mass is 10.1. The molecule has 0 saturated carbocycles. The average molecular weight is 251 g/mol. The molecule has 1 fully saturated rings. The Morgan fingerprint density at radius 2 is 2.28 bits per heavy atom. The van der Waals surface area contributed by atoms with Crippen LogP contribution in [0.2, 0.25) is 0 Å². The third-order valence-corrected chi connectivity index (χ3v) is 3.93. The Labute approximate surface area is 110 Å². The van der Waals surface area contributed by atoms with Crippen molar-refractivity contribution in [1.82, 2.24) is 15.2 Å². The summed E-state index contributed by atoms with van der Waals surface area (Å²) in [7, 11) is 1.93. The second-order valence-corrected chi connectivity index (χ2v) is 5.50. The number of nitrogens with zero attached hydrogens (tertiary/aromatic N) is 2. The second-order valence-electron chi connectivity index (χ2n) is 5.50. The highest BCUT2D eigenvalue weighted by Gasteiger charge is 2.28. The molecule has 0 bridgehead atoms. The van der Waals surface area contributed by atoms with Crippen LogP contribution in [-0.4, -0.2) is 35.6 Å². The Bertz CT molecular complexity index is 375. The minimum absolute atomic E-state index is 0.232. The van der Waals surface area contributed by atoms with Crippen molar-refractivity contribution in [2.45, 2.75) is 58.2 Å². The smallest absolute Gasteiger partial charge is 0.196 e. The number of rotatable bonds is 5. The monoisotopic (exact) mass is 251 g/mol. The van der Waals surface area contributed by atoms with Gasteiger partial charge in [-0.15, -0.1) is 0 Å². The van der Waals surface area contributed by atoms with Gasteiger partial charge in [0.05, 0.1) is 12.2 Å². The van der Waals surface area contributed by atoms with Gasteiger partial charge in [-0.1, -0.05) is 0 Å². The van der Waals surface area contributed by atoms with Crippen molar-refractivity contribution in [3.8, 4) is 0 Å². The normalized spacial score (nSPS) is 22.8. The van der Waals surface area contributed by atoms with Gasteiger partial charge in [0.25, 0.3) is 0 Å². The highest BCUT2D eigenvalue weighted by molar-refractivity contribution is 5.01. The van der Waals surface area contributed by atoms with Crippen molar-refractivity contribution in [1.29, 1.82) is 0 Å². The van der Waals surface area contributed by atoms with Crippen LogP contribution in [-0.2, 0) is 6.42 Å². The van der Waals surface area contributed by atoms with Gasteiger partial charge < -0.3 is 9.73 Å². The summed E-state index contributed by atoms with van der Waals surface area (Å²) < 4.78 is 5.83. The molecule has 1 aromatic rings. The summed E-state index contributed by atoms with van der Waals surface area (Å²) in [6.07, 6.45) is 5.35. The summed E-state index contributed by atoms with van der Waals surface area (Å²) in [6, 6.07) is 1.44. The predicted molar refractivity (Wildman–Crippen MR) is 72.5 cm³/mol. The molecule has 2 atom stereocenters. The topological polar surface area (TPSA) is 41.3 Å². The molecular formula is C14H25N3O. The first-order valence-electron chi connectivity index (χ1n) is 6.99. The zero-order valence-corrected chi connectivity index (χ0v) is 11.9. The average Bonchev–Trinajstić information content (AvgIpc) is 2.97. The van der Waals surface area contributed by atoms with E-state index in [0.717, 1.165) is 18.1 Å². The molecule has 102 valence electrons. The maximum absolute atomic E-state index is 5.83. The van der Waals surface area contributed by atoms with E-state index in [0.29, 0.717) is 12.1 Å². The minimum atomic E-state index is 0.232. The Morgan fingerprint density at radius 3 is 2.94 bits per heavy atom. The van der Waals surface area contributed by atoms with Gasteiger partial charge in [0.1, 0.15) is 5.76 Å². The molecule has 1 aromatic heterocycles. The molecule has 18 heavy (non-hydrogen) atoms. The van der Waals surface area contributed by atoms with Gasteiger partial charge in [0.15, 0.2) is 5.89 Å². The van der Waals surface area contributed by atoms with Crippen LogP contribution < -0.4 is 5.32 Å². The second kappa shape index (κ2) is 5.85. The van der Waals surface area contributed by atoms with Crippen LogP contribution in [0.15, 0.2) is 10.6 Å². The van der Waals surface area contributed by atoms with Crippen LogP contribution in [0.3, 0.4) is 0 Å². The zero-order chi connectivity index (χ0) is 13.1. The number of nitrogens with one attached hydrogen (secondary N) is 1. The molecule has 1 aliphatic rings. The molecule has 4 nitrogen and oxygen atoms in total. The van der Waals surface area contributed by atoms with E-state index in [4.69, 9.17) is 4.42 Å². The first-order chi connectivity index (χ1) is 8.61. The summed E-state index contributed by atoms with van der Waals surface area (Å²) in [5.41, 5.74) is 0. The van der Waals surface area contributed by atoms with Crippen LogP contribution >= 0.6 is 0 Å². The molecule has 4 heteroatoms. The fourth-order valence-corrected chi connectivity index (χ4v) is 2.72. The van der Waals surface area contributed by atoms with Gasteiger partial charge in [-0.3, -0.25) is 4.90 Å². The van der Waals surface area contributed by atoms with Crippen molar-refractivity contribution in [3.63, 3.8) is 0 Å². The summed E-state index contributed by atoms with van der Waals surface area (Å²) in [6.45, 7) is 7.83. The van der Waals surface area contributed by atoms with E-state index < -0.39 is 0 Å². The highest BCUT2D eigenvalue weighted by atomic mass is 16.4. The Balaban J connectivity index is 1.98. The van der Waals surface area contributed by atoms with Crippen molar-refractivity contribution >= 4 is 0 Å². The number of hydrogen-bond donors (Lipinski definition) is 1. The third-order valence-electron chi connectivity index (χ3n) is 3.93. The van der Waals surface area contributed by atoms with Gasteiger partial charge in [-0.2, -0.15) is 0 Å². The molecule has 0 spiro atoms. The van der Waals surface area contributed by atoms with Gasteiger partial charge in [-0.05, 0) is 47.2 Å². The van der Waals surface area contributed by atoms with Crippen LogP contribution in [0.5, 0.6) is 0 Å². The van der Waals surface area contributed by atoms with E-state index in [1.807, 2.05) is 13.2 Å². The Morgan fingerprint density at radius 1 is 1.50 bits per heavy atom. The fourth-order valence-electron chi connectivity index (χ4n) is 2.72. The first kappa shape index (κ1) is 13.6. The third kappa shape index (κ3) is 2.93. The first-order valence-corrected chi connectivity index (χ1v) is 6.99. The van der Waals surface area contributed by atoms with Gasteiger partial charge in [-0.25, -0.2) is 4.98 Å². The van der Waals surface area contributed by atoms with Gasteiger partial charge in [0.2, 0.25) is 0 Å². The molecule has 2 heterocycles. The maximum Gasteiger partial charge on any atom is 0.196 e. The summed E-state index contributed by atoms with van der Waals surface area (Å²) >= 11 is 0.